The second-order valence-corrected chi connectivity index (χ2v) is 10.8. The molecule has 2 fully saturated rings. The average Bonchev–Trinajstić information content (AvgIpc) is 3.50. The van der Waals surface area contributed by atoms with Crippen LogP contribution in [0.4, 0.5) is 5.69 Å². The summed E-state index contributed by atoms with van der Waals surface area (Å²) in [5.74, 6) is -0.998. The number of aliphatic hydroxyl groups excluding tert-OH is 1. The zero-order valence-electron chi connectivity index (χ0n) is 23.2. The lowest BCUT2D eigenvalue weighted by Gasteiger charge is -2.39. The number of hydrogen-bond acceptors (Lipinski definition) is 6. The Morgan fingerprint density at radius 2 is 1.77 bits per heavy atom. The molecule has 2 aromatic rings. The number of carboxylic acids is 1. The molecule has 0 radical (unpaired) electrons. The first-order valence-corrected chi connectivity index (χ1v) is 14.4. The van der Waals surface area contributed by atoms with Crippen LogP contribution < -0.4 is 5.32 Å². The van der Waals surface area contributed by atoms with E-state index in [2.05, 4.69) is 16.8 Å². The summed E-state index contributed by atoms with van der Waals surface area (Å²) < 4.78 is 13.1. The third-order valence-electron chi connectivity index (χ3n) is 7.74. The molecule has 0 spiro atoms. The molecule has 8 nitrogen and oxygen atoms in total. The van der Waals surface area contributed by atoms with Gasteiger partial charge in [0.05, 0.1) is 18.8 Å². The van der Waals surface area contributed by atoms with Crippen molar-refractivity contribution in [3.05, 3.63) is 77.9 Å². The molecule has 1 aliphatic heterocycles. The molecule has 8 heteroatoms. The molecule has 3 N–H and O–H groups in total. The highest BCUT2D eigenvalue weighted by molar-refractivity contribution is 5.90. The first-order valence-electron chi connectivity index (χ1n) is 14.4. The van der Waals surface area contributed by atoms with Crippen LogP contribution in [0.25, 0.3) is 0 Å². The van der Waals surface area contributed by atoms with Crippen molar-refractivity contribution < 1.29 is 29.3 Å². The molecule has 2 aromatic carbocycles. The fraction of sp³-hybridized carbons (Fsp3) is 0.500. The number of amides is 1. The third-order valence-corrected chi connectivity index (χ3v) is 7.74. The van der Waals surface area contributed by atoms with E-state index in [4.69, 9.17) is 14.6 Å². The number of nitrogens with one attached hydrogen (secondary N) is 1. The average molecular weight is 551 g/mol. The first kappa shape index (κ1) is 29.9. The number of carboxylic acid groups (broad SMARTS) is 1. The van der Waals surface area contributed by atoms with Gasteiger partial charge in [0.2, 0.25) is 5.91 Å². The summed E-state index contributed by atoms with van der Waals surface area (Å²) in [6.45, 7) is 5.58. The number of anilines is 1. The minimum absolute atomic E-state index is 0.00383. The van der Waals surface area contributed by atoms with Crippen LogP contribution in [0.3, 0.4) is 0 Å². The van der Waals surface area contributed by atoms with E-state index in [9.17, 15) is 14.7 Å². The molecule has 1 saturated heterocycles. The van der Waals surface area contributed by atoms with E-state index in [1.54, 1.807) is 0 Å². The van der Waals surface area contributed by atoms with Crippen molar-refractivity contribution in [1.82, 2.24) is 4.90 Å². The quantitative estimate of drug-likeness (QED) is 0.203. The smallest absolute Gasteiger partial charge is 0.303 e. The SMILES string of the molecule is C=CCN(CC1CC(c2ccc(CO)cc2)OC(c2cccc(NC(=O)CCCCC(=O)O)c2)O1)C1CCCC1. The summed E-state index contributed by atoms with van der Waals surface area (Å²) in [6, 6.07) is 15.9. The molecule has 0 bridgehead atoms. The molecule has 40 heavy (non-hydrogen) atoms. The minimum atomic E-state index is -0.850. The van der Waals surface area contributed by atoms with Gasteiger partial charge in [0.15, 0.2) is 6.29 Å². The van der Waals surface area contributed by atoms with E-state index in [1.165, 1.54) is 25.7 Å². The molecule has 0 aromatic heterocycles. The van der Waals surface area contributed by atoms with Crippen LogP contribution in [0, 0.1) is 0 Å². The molecular formula is C32H42N2O6. The molecule has 216 valence electrons. The van der Waals surface area contributed by atoms with Crippen molar-refractivity contribution in [3.8, 4) is 0 Å². The topological polar surface area (TPSA) is 108 Å². The number of nitrogens with zero attached hydrogens (tertiary/aromatic N) is 1. The molecule has 1 aliphatic carbocycles. The second kappa shape index (κ2) is 15.1. The van der Waals surface area contributed by atoms with Gasteiger partial charge in [-0.3, -0.25) is 14.5 Å². The van der Waals surface area contributed by atoms with Gasteiger partial charge in [-0.1, -0.05) is 55.3 Å². The van der Waals surface area contributed by atoms with E-state index in [1.807, 2.05) is 54.6 Å². The number of unbranched alkanes of at least 4 members (excludes halogenated alkanes) is 1. The Kier molecular flexibility index (Phi) is 11.3. The Morgan fingerprint density at radius 3 is 2.48 bits per heavy atom. The molecule has 2 aliphatic rings. The predicted molar refractivity (Wildman–Crippen MR) is 154 cm³/mol. The van der Waals surface area contributed by atoms with E-state index >= 15 is 0 Å². The summed E-state index contributed by atoms with van der Waals surface area (Å²) in [7, 11) is 0. The van der Waals surface area contributed by atoms with Crippen LogP contribution >= 0.6 is 0 Å². The highest BCUT2D eigenvalue weighted by atomic mass is 16.7. The van der Waals surface area contributed by atoms with E-state index in [0.29, 0.717) is 31.0 Å². The summed E-state index contributed by atoms with van der Waals surface area (Å²) in [4.78, 5) is 25.6. The molecular weight excluding hydrogens is 508 g/mol. The van der Waals surface area contributed by atoms with Crippen LogP contribution in [0.2, 0.25) is 0 Å². The van der Waals surface area contributed by atoms with Gasteiger partial charge >= 0.3 is 5.97 Å². The summed E-state index contributed by atoms with van der Waals surface area (Å²) in [5.41, 5.74) is 3.37. The van der Waals surface area contributed by atoms with Crippen molar-refractivity contribution in [2.24, 2.45) is 0 Å². The molecule has 1 amide bonds. The minimum Gasteiger partial charge on any atom is -0.481 e. The van der Waals surface area contributed by atoms with Gasteiger partial charge in [0, 0.05) is 49.6 Å². The number of aliphatic hydroxyl groups is 1. The number of carbonyl (C=O) groups is 2. The standard InChI is InChI=1S/C32H42N2O6/c1-2-18-34(27-10-3-4-11-27)21-28-20-29(24-16-14-23(22-35)15-17-24)40-32(39-28)25-8-7-9-26(19-25)33-30(36)12-5-6-13-31(37)38/h2,7-9,14-17,19,27-29,32,35H,1,3-6,10-13,18,20-22H2,(H,33,36)(H,37,38). The Bertz CT molecular complexity index is 1110. The van der Waals surface area contributed by atoms with Gasteiger partial charge < -0.3 is 25.0 Å². The Morgan fingerprint density at radius 1 is 1.02 bits per heavy atom. The fourth-order valence-electron chi connectivity index (χ4n) is 5.65. The maximum absolute atomic E-state index is 12.4. The monoisotopic (exact) mass is 550 g/mol. The van der Waals surface area contributed by atoms with Gasteiger partial charge in [-0.25, -0.2) is 0 Å². The lowest BCUT2D eigenvalue weighted by atomic mass is 9.99. The molecule has 3 unspecified atom stereocenters. The molecule has 3 atom stereocenters. The van der Waals surface area contributed by atoms with Crippen molar-refractivity contribution in [2.75, 3.05) is 18.4 Å². The van der Waals surface area contributed by atoms with Gasteiger partial charge in [0.25, 0.3) is 0 Å². The number of hydrogen-bond donors (Lipinski definition) is 3. The van der Waals surface area contributed by atoms with Crippen LogP contribution in [0.15, 0.2) is 61.2 Å². The van der Waals surface area contributed by atoms with E-state index in [-0.39, 0.29) is 37.6 Å². The van der Waals surface area contributed by atoms with Gasteiger partial charge in [-0.05, 0) is 48.9 Å². The van der Waals surface area contributed by atoms with Gasteiger partial charge in [-0.15, -0.1) is 6.58 Å². The van der Waals surface area contributed by atoms with E-state index in [0.717, 1.165) is 29.8 Å². The fourth-order valence-corrected chi connectivity index (χ4v) is 5.65. The Labute approximate surface area is 237 Å². The summed E-state index contributed by atoms with van der Waals surface area (Å²) >= 11 is 0. The maximum atomic E-state index is 12.4. The zero-order chi connectivity index (χ0) is 28.3. The van der Waals surface area contributed by atoms with Crippen molar-refractivity contribution in [3.63, 3.8) is 0 Å². The summed E-state index contributed by atoms with van der Waals surface area (Å²) in [5, 5.41) is 21.2. The van der Waals surface area contributed by atoms with Gasteiger partial charge in [0.1, 0.15) is 0 Å². The highest BCUT2D eigenvalue weighted by Gasteiger charge is 2.34. The van der Waals surface area contributed by atoms with Crippen LogP contribution in [0.1, 0.15) is 86.9 Å². The highest BCUT2D eigenvalue weighted by Crippen LogP contribution is 2.39. The molecule has 1 saturated carbocycles. The summed E-state index contributed by atoms with van der Waals surface area (Å²) in [6.07, 6.45) is 8.06. The molecule has 4 rings (SSSR count). The van der Waals surface area contributed by atoms with Crippen molar-refractivity contribution in [2.45, 2.75) is 88.9 Å². The number of carbonyl (C=O) groups excluding carboxylic acids is 1. The van der Waals surface area contributed by atoms with Gasteiger partial charge in [-0.2, -0.15) is 0 Å². The van der Waals surface area contributed by atoms with E-state index < -0.39 is 12.3 Å². The second-order valence-electron chi connectivity index (χ2n) is 10.8. The van der Waals surface area contributed by atoms with Crippen molar-refractivity contribution >= 4 is 17.6 Å². The Hall–Kier alpha value is -3.04. The first-order chi connectivity index (χ1) is 19.4. The number of aliphatic carboxylic acids is 1. The third kappa shape index (κ3) is 8.73. The Balaban J connectivity index is 1.48. The van der Waals surface area contributed by atoms with Crippen LogP contribution in [0.5, 0.6) is 0 Å². The van der Waals surface area contributed by atoms with Crippen LogP contribution in [-0.4, -0.2) is 52.2 Å². The number of benzene rings is 2. The zero-order valence-corrected chi connectivity index (χ0v) is 23.2. The lowest BCUT2D eigenvalue weighted by Crippen LogP contribution is -2.43. The van der Waals surface area contributed by atoms with Crippen molar-refractivity contribution in [1.29, 1.82) is 0 Å². The number of ether oxygens (including phenoxy) is 2. The largest absolute Gasteiger partial charge is 0.481 e. The normalized spacial score (nSPS) is 21.4. The van der Waals surface area contributed by atoms with Crippen LogP contribution in [-0.2, 0) is 25.7 Å². The maximum Gasteiger partial charge on any atom is 0.303 e. The predicted octanol–water partition coefficient (Wildman–Crippen LogP) is 5.74. The lowest BCUT2D eigenvalue weighted by molar-refractivity contribution is -0.253. The molecule has 1 heterocycles. The number of rotatable bonds is 14.